The summed E-state index contributed by atoms with van der Waals surface area (Å²) in [5.74, 6) is 0.353. The number of aromatic nitrogens is 2. The predicted molar refractivity (Wildman–Crippen MR) is 123 cm³/mol. The van der Waals surface area contributed by atoms with E-state index < -0.39 is 6.09 Å². The van der Waals surface area contributed by atoms with Gasteiger partial charge in [-0.05, 0) is 43.3 Å². The highest BCUT2D eigenvalue weighted by atomic mass is 79.9. The molecular weight excluding hydrogens is 462 g/mol. The predicted octanol–water partition coefficient (Wildman–Crippen LogP) is 4.57. The summed E-state index contributed by atoms with van der Waals surface area (Å²) in [7, 11) is 0. The quantitative estimate of drug-likeness (QED) is 0.440. The van der Waals surface area contributed by atoms with Crippen LogP contribution in [0.1, 0.15) is 30.1 Å². The van der Waals surface area contributed by atoms with Crippen molar-refractivity contribution in [3.63, 3.8) is 0 Å². The Kier molecular flexibility index (Phi) is 6.15. The number of hydrogen-bond acceptors (Lipinski definition) is 6. The summed E-state index contributed by atoms with van der Waals surface area (Å²) < 4.78 is 0.877. The Bertz CT molecular complexity index is 1130. The van der Waals surface area contributed by atoms with Crippen LogP contribution in [0.2, 0.25) is 0 Å². The van der Waals surface area contributed by atoms with Crippen molar-refractivity contribution in [2.45, 2.75) is 25.8 Å². The highest BCUT2D eigenvalue weighted by Gasteiger charge is 2.28. The molecule has 1 aromatic carbocycles. The van der Waals surface area contributed by atoms with E-state index in [2.05, 4.69) is 36.5 Å². The van der Waals surface area contributed by atoms with E-state index in [0.29, 0.717) is 35.7 Å². The minimum atomic E-state index is -1.03. The van der Waals surface area contributed by atoms with Crippen molar-refractivity contribution in [1.29, 1.82) is 0 Å². The Morgan fingerprint density at radius 1 is 1.26 bits per heavy atom. The number of ketones is 1. The first kappa shape index (κ1) is 21.2. The number of carbonyl (C=O) groups is 2. The molecule has 0 spiro atoms. The highest BCUT2D eigenvalue weighted by molar-refractivity contribution is 9.10. The Morgan fingerprint density at radius 2 is 2.10 bits per heavy atom. The molecule has 1 saturated heterocycles. The minimum Gasteiger partial charge on any atom is -0.465 e. The fourth-order valence-electron chi connectivity index (χ4n) is 3.75. The summed E-state index contributed by atoms with van der Waals surface area (Å²) in [6.07, 6.45) is 3.25. The zero-order valence-corrected chi connectivity index (χ0v) is 18.5. The first-order valence-electron chi connectivity index (χ1n) is 10.1. The standard InChI is InChI=1S/C22H22BrN5O3/c1-2-19(29)17-12-25-18-5-3-13(23)9-16(18)21(17)27-14-4-6-20(26-10-14)28(22(30)31)15-7-8-24-11-15/h3-6,9-10,12,15,24H,2,7-8,11H2,1H3,(H,25,27)(H,30,31). The van der Waals surface area contributed by atoms with Crippen molar-refractivity contribution < 1.29 is 14.7 Å². The maximum atomic E-state index is 12.5. The van der Waals surface area contributed by atoms with Gasteiger partial charge in [0.1, 0.15) is 5.82 Å². The van der Waals surface area contributed by atoms with E-state index in [0.717, 1.165) is 28.3 Å². The van der Waals surface area contributed by atoms with Crippen LogP contribution in [0.5, 0.6) is 0 Å². The van der Waals surface area contributed by atoms with Crippen LogP contribution in [-0.2, 0) is 0 Å². The van der Waals surface area contributed by atoms with E-state index in [1.54, 1.807) is 24.5 Å². The number of nitrogens with one attached hydrogen (secondary N) is 2. The first-order chi connectivity index (χ1) is 15.0. The van der Waals surface area contributed by atoms with Crippen molar-refractivity contribution in [3.05, 3.63) is 52.8 Å². The lowest BCUT2D eigenvalue weighted by atomic mass is 10.0. The molecule has 1 aliphatic rings. The molecule has 8 nitrogen and oxygen atoms in total. The Balaban J connectivity index is 1.69. The van der Waals surface area contributed by atoms with Crippen molar-refractivity contribution in [1.82, 2.24) is 15.3 Å². The van der Waals surface area contributed by atoms with E-state index in [-0.39, 0.29) is 11.8 Å². The maximum Gasteiger partial charge on any atom is 0.413 e. The number of carbonyl (C=O) groups excluding carboxylic acids is 1. The first-order valence-corrected chi connectivity index (χ1v) is 10.8. The summed E-state index contributed by atoms with van der Waals surface area (Å²) in [5, 5.41) is 16.9. The number of nitrogens with zero attached hydrogens (tertiary/aromatic N) is 3. The van der Waals surface area contributed by atoms with Crippen LogP contribution in [0.15, 0.2) is 47.2 Å². The molecular formula is C22H22BrN5O3. The summed E-state index contributed by atoms with van der Waals surface area (Å²) in [6, 6.07) is 9.00. The molecule has 0 bridgehead atoms. The molecule has 1 unspecified atom stereocenters. The van der Waals surface area contributed by atoms with Gasteiger partial charge in [-0.3, -0.25) is 14.7 Å². The monoisotopic (exact) mass is 483 g/mol. The molecule has 0 saturated carbocycles. The minimum absolute atomic E-state index is 0.0211. The molecule has 1 fully saturated rings. The highest BCUT2D eigenvalue weighted by Crippen LogP contribution is 2.32. The van der Waals surface area contributed by atoms with Crippen molar-refractivity contribution in [3.8, 4) is 0 Å². The molecule has 31 heavy (non-hydrogen) atoms. The van der Waals surface area contributed by atoms with Crippen LogP contribution in [-0.4, -0.2) is 46.1 Å². The van der Waals surface area contributed by atoms with E-state index >= 15 is 0 Å². The Hall–Kier alpha value is -3.04. The molecule has 3 N–H and O–H groups in total. The number of halogens is 1. The second-order valence-corrected chi connectivity index (χ2v) is 8.23. The zero-order chi connectivity index (χ0) is 22.0. The molecule has 1 atom stereocenters. The zero-order valence-electron chi connectivity index (χ0n) is 16.9. The van der Waals surface area contributed by atoms with Gasteiger partial charge in [0.05, 0.1) is 34.7 Å². The molecule has 9 heteroatoms. The SMILES string of the molecule is CCC(=O)c1cnc2ccc(Br)cc2c1Nc1ccc(N(C(=O)O)C2CCNC2)nc1. The third-order valence-electron chi connectivity index (χ3n) is 5.32. The summed E-state index contributed by atoms with van der Waals surface area (Å²) in [4.78, 5) is 34.4. The topological polar surface area (TPSA) is 107 Å². The lowest BCUT2D eigenvalue weighted by molar-refractivity contribution is 0.0988. The van der Waals surface area contributed by atoms with Crippen LogP contribution in [0.3, 0.4) is 0 Å². The van der Waals surface area contributed by atoms with E-state index in [1.807, 2.05) is 25.1 Å². The molecule has 0 radical (unpaired) electrons. The van der Waals surface area contributed by atoms with Gasteiger partial charge in [-0.25, -0.2) is 9.78 Å². The average Bonchev–Trinajstić information content (AvgIpc) is 3.29. The molecule has 1 aliphatic heterocycles. The van der Waals surface area contributed by atoms with Crippen LogP contribution in [0.25, 0.3) is 10.9 Å². The van der Waals surface area contributed by atoms with Crippen LogP contribution in [0, 0.1) is 0 Å². The van der Waals surface area contributed by atoms with Crippen molar-refractivity contribution >= 4 is 55.9 Å². The Morgan fingerprint density at radius 3 is 2.74 bits per heavy atom. The third-order valence-corrected chi connectivity index (χ3v) is 5.81. The number of rotatable bonds is 6. The number of anilines is 3. The van der Waals surface area contributed by atoms with E-state index in [1.165, 1.54) is 4.90 Å². The van der Waals surface area contributed by atoms with Gasteiger partial charge in [0.2, 0.25) is 0 Å². The number of amides is 1. The number of Topliss-reactive ketones (excluding diaryl/α,β-unsaturated/α-hetero) is 1. The number of benzene rings is 1. The molecule has 0 aliphatic carbocycles. The van der Waals surface area contributed by atoms with Gasteiger partial charge < -0.3 is 15.7 Å². The lowest BCUT2D eigenvalue weighted by Crippen LogP contribution is -2.41. The maximum absolute atomic E-state index is 12.5. The number of pyridine rings is 2. The number of hydrogen-bond donors (Lipinski definition) is 3. The van der Waals surface area contributed by atoms with Gasteiger partial charge in [-0.15, -0.1) is 0 Å². The van der Waals surface area contributed by atoms with E-state index in [9.17, 15) is 14.7 Å². The molecule has 1 amide bonds. The molecule has 2 aromatic heterocycles. The third kappa shape index (κ3) is 4.38. The largest absolute Gasteiger partial charge is 0.465 e. The fraction of sp³-hybridized carbons (Fsp3) is 0.273. The van der Waals surface area contributed by atoms with E-state index in [4.69, 9.17) is 0 Å². The van der Waals surface area contributed by atoms with Gasteiger partial charge in [0, 0.05) is 29.0 Å². The summed E-state index contributed by atoms with van der Waals surface area (Å²) in [5.41, 5.74) is 2.56. The summed E-state index contributed by atoms with van der Waals surface area (Å²) in [6.45, 7) is 3.20. The fourth-order valence-corrected chi connectivity index (χ4v) is 4.11. The Labute approximate surface area is 187 Å². The lowest BCUT2D eigenvalue weighted by Gasteiger charge is -2.24. The number of carboxylic acid groups (broad SMARTS) is 1. The van der Waals surface area contributed by atoms with Gasteiger partial charge >= 0.3 is 6.09 Å². The van der Waals surface area contributed by atoms with Gasteiger partial charge in [0.15, 0.2) is 5.78 Å². The van der Waals surface area contributed by atoms with Gasteiger partial charge in [-0.2, -0.15) is 0 Å². The van der Waals surface area contributed by atoms with Gasteiger partial charge in [-0.1, -0.05) is 22.9 Å². The normalized spacial score (nSPS) is 15.7. The summed E-state index contributed by atoms with van der Waals surface area (Å²) >= 11 is 3.48. The van der Waals surface area contributed by atoms with Crippen molar-refractivity contribution in [2.24, 2.45) is 0 Å². The average molecular weight is 484 g/mol. The van der Waals surface area contributed by atoms with Crippen LogP contribution < -0.4 is 15.5 Å². The second kappa shape index (κ2) is 8.99. The molecule has 3 aromatic rings. The van der Waals surface area contributed by atoms with Crippen molar-refractivity contribution in [2.75, 3.05) is 23.3 Å². The smallest absolute Gasteiger partial charge is 0.413 e. The molecule has 3 heterocycles. The number of fused-ring (bicyclic) bond motifs is 1. The molecule has 4 rings (SSSR count). The molecule has 160 valence electrons. The second-order valence-electron chi connectivity index (χ2n) is 7.31. The van der Waals surface area contributed by atoms with Crippen LogP contribution in [0.4, 0.5) is 22.0 Å². The van der Waals surface area contributed by atoms with Gasteiger partial charge in [0.25, 0.3) is 0 Å². The van der Waals surface area contributed by atoms with Crippen LogP contribution >= 0.6 is 15.9 Å².